The molecule has 150 valence electrons. The number of methoxy groups -OCH3 is 1. The van der Waals surface area contributed by atoms with Crippen molar-refractivity contribution in [3.63, 3.8) is 0 Å². The van der Waals surface area contributed by atoms with E-state index in [0.717, 1.165) is 17.7 Å². The van der Waals surface area contributed by atoms with Crippen molar-refractivity contribution in [3.8, 4) is 23.0 Å². The molecule has 6 nitrogen and oxygen atoms in total. The van der Waals surface area contributed by atoms with Gasteiger partial charge in [0.25, 0.3) is 5.91 Å². The van der Waals surface area contributed by atoms with E-state index in [1.54, 1.807) is 12.1 Å². The van der Waals surface area contributed by atoms with Gasteiger partial charge in [-0.3, -0.25) is 4.79 Å². The number of hydrogen-bond acceptors (Lipinski definition) is 5. The van der Waals surface area contributed by atoms with Gasteiger partial charge in [-0.2, -0.15) is 0 Å². The molecule has 0 bridgehead atoms. The summed E-state index contributed by atoms with van der Waals surface area (Å²) in [5.74, 6) is 2.17. The van der Waals surface area contributed by atoms with Gasteiger partial charge in [-0.05, 0) is 54.9 Å². The van der Waals surface area contributed by atoms with Crippen LogP contribution in [0.1, 0.15) is 36.7 Å². The Bertz CT molecular complexity index is 884. The van der Waals surface area contributed by atoms with Gasteiger partial charge in [-0.1, -0.05) is 0 Å². The summed E-state index contributed by atoms with van der Waals surface area (Å²) in [7, 11) is 1.54. The van der Waals surface area contributed by atoms with Gasteiger partial charge in [-0.15, -0.1) is 0 Å². The van der Waals surface area contributed by atoms with Gasteiger partial charge in [0, 0.05) is 23.6 Å². The Kier molecular flexibility index (Phi) is 6.34. The molecule has 2 aromatic rings. The van der Waals surface area contributed by atoms with Crippen molar-refractivity contribution >= 4 is 27.5 Å². The highest BCUT2D eigenvalue weighted by Crippen LogP contribution is 2.39. The zero-order valence-corrected chi connectivity index (χ0v) is 18.0. The molecule has 0 aliphatic carbocycles. The smallest absolute Gasteiger partial charge is 0.255 e. The molecule has 0 radical (unpaired) electrons. The summed E-state index contributed by atoms with van der Waals surface area (Å²) in [5.41, 5.74) is 2.09. The second-order valence-corrected chi connectivity index (χ2v) is 7.25. The lowest BCUT2D eigenvalue weighted by Gasteiger charge is -2.15. The van der Waals surface area contributed by atoms with Crippen LogP contribution in [0.5, 0.6) is 23.0 Å². The predicted octanol–water partition coefficient (Wildman–Crippen LogP) is 4.83. The highest BCUT2D eigenvalue weighted by atomic mass is 79.9. The van der Waals surface area contributed by atoms with E-state index < -0.39 is 0 Å². The number of halogens is 1. The minimum atomic E-state index is -0.283. The largest absolute Gasteiger partial charge is 0.493 e. The first-order chi connectivity index (χ1) is 13.5. The number of nitrogens with one attached hydrogen (secondary N) is 1. The van der Waals surface area contributed by atoms with Crippen molar-refractivity contribution in [1.29, 1.82) is 0 Å². The molecule has 1 N–H and O–H groups in total. The predicted molar refractivity (Wildman–Crippen MR) is 111 cm³/mol. The first-order valence-electron chi connectivity index (χ1n) is 9.24. The van der Waals surface area contributed by atoms with Crippen molar-refractivity contribution < 1.29 is 23.7 Å². The molecule has 0 saturated heterocycles. The van der Waals surface area contributed by atoms with Gasteiger partial charge in [0.1, 0.15) is 17.6 Å². The Morgan fingerprint density at radius 1 is 1.18 bits per heavy atom. The van der Waals surface area contributed by atoms with Crippen LogP contribution in [0.4, 0.5) is 5.69 Å². The summed E-state index contributed by atoms with van der Waals surface area (Å²) < 4.78 is 23.2. The van der Waals surface area contributed by atoms with Crippen LogP contribution in [0.2, 0.25) is 0 Å². The van der Waals surface area contributed by atoms with Gasteiger partial charge in [0.05, 0.1) is 30.5 Å². The second-order valence-electron chi connectivity index (χ2n) is 6.40. The lowest BCUT2D eigenvalue weighted by molar-refractivity contribution is 0.102. The topological polar surface area (TPSA) is 66.0 Å². The van der Waals surface area contributed by atoms with E-state index in [4.69, 9.17) is 18.9 Å². The van der Waals surface area contributed by atoms with Crippen LogP contribution in [0.15, 0.2) is 28.7 Å². The number of benzene rings is 2. The number of anilines is 1. The van der Waals surface area contributed by atoms with E-state index in [1.807, 2.05) is 32.9 Å². The van der Waals surface area contributed by atoms with Crippen molar-refractivity contribution in [1.82, 2.24) is 0 Å². The van der Waals surface area contributed by atoms with Gasteiger partial charge in [0.2, 0.25) is 0 Å². The molecule has 2 aromatic carbocycles. The maximum Gasteiger partial charge on any atom is 0.255 e. The number of amides is 1. The fourth-order valence-electron chi connectivity index (χ4n) is 3.14. The number of ether oxygens (including phenoxy) is 4. The molecule has 3 rings (SSSR count). The van der Waals surface area contributed by atoms with Crippen molar-refractivity contribution in [2.75, 3.05) is 25.6 Å². The summed E-state index contributed by atoms with van der Waals surface area (Å²) in [5, 5.41) is 2.93. The average Bonchev–Trinajstić information content (AvgIpc) is 3.02. The van der Waals surface area contributed by atoms with Crippen LogP contribution in [0.25, 0.3) is 0 Å². The SMILES string of the molecule is CCOc1cc2c(cc1NC(=O)c1cc(Br)c(OCC)c(OC)c1)O[C@@H](C)C2. The third-order valence-electron chi connectivity index (χ3n) is 4.33. The first kappa shape index (κ1) is 20.3. The van der Waals surface area contributed by atoms with Gasteiger partial charge in [-0.25, -0.2) is 0 Å². The fraction of sp³-hybridized carbons (Fsp3) is 0.381. The Morgan fingerprint density at radius 3 is 2.61 bits per heavy atom. The summed E-state index contributed by atoms with van der Waals surface area (Å²) in [4.78, 5) is 12.9. The minimum absolute atomic E-state index is 0.113. The van der Waals surface area contributed by atoms with Crippen LogP contribution in [-0.2, 0) is 6.42 Å². The zero-order chi connectivity index (χ0) is 20.3. The fourth-order valence-corrected chi connectivity index (χ4v) is 3.70. The molecule has 1 aliphatic rings. The third kappa shape index (κ3) is 4.19. The van der Waals surface area contributed by atoms with Crippen LogP contribution in [0, 0.1) is 0 Å². The minimum Gasteiger partial charge on any atom is -0.493 e. The number of carbonyl (C=O) groups excluding carboxylic acids is 1. The monoisotopic (exact) mass is 449 g/mol. The average molecular weight is 450 g/mol. The Morgan fingerprint density at radius 2 is 1.93 bits per heavy atom. The molecule has 0 spiro atoms. The van der Waals surface area contributed by atoms with E-state index in [-0.39, 0.29) is 12.0 Å². The lowest BCUT2D eigenvalue weighted by Crippen LogP contribution is -2.14. The maximum absolute atomic E-state index is 12.9. The molecule has 28 heavy (non-hydrogen) atoms. The summed E-state index contributed by atoms with van der Waals surface area (Å²) in [6.07, 6.45) is 0.939. The van der Waals surface area contributed by atoms with Crippen molar-refractivity contribution in [2.45, 2.75) is 33.3 Å². The summed E-state index contributed by atoms with van der Waals surface area (Å²) in [6, 6.07) is 7.11. The highest BCUT2D eigenvalue weighted by Gasteiger charge is 2.23. The lowest BCUT2D eigenvalue weighted by atomic mass is 10.1. The van der Waals surface area contributed by atoms with Crippen molar-refractivity contribution in [3.05, 3.63) is 39.9 Å². The molecule has 7 heteroatoms. The molecular weight excluding hydrogens is 426 g/mol. The molecule has 1 aliphatic heterocycles. The molecule has 1 amide bonds. The Balaban J connectivity index is 1.91. The second kappa shape index (κ2) is 8.73. The third-order valence-corrected chi connectivity index (χ3v) is 4.92. The van der Waals surface area contributed by atoms with Gasteiger partial charge in [0.15, 0.2) is 11.5 Å². The number of rotatable bonds is 7. The zero-order valence-electron chi connectivity index (χ0n) is 16.4. The Labute approximate surface area is 173 Å². The molecule has 0 saturated carbocycles. The van der Waals surface area contributed by atoms with Crippen LogP contribution in [-0.4, -0.2) is 32.3 Å². The highest BCUT2D eigenvalue weighted by molar-refractivity contribution is 9.10. The van der Waals surface area contributed by atoms with E-state index in [0.29, 0.717) is 46.2 Å². The molecule has 1 atom stereocenters. The van der Waals surface area contributed by atoms with E-state index in [2.05, 4.69) is 21.2 Å². The van der Waals surface area contributed by atoms with E-state index in [1.165, 1.54) is 7.11 Å². The van der Waals surface area contributed by atoms with Crippen molar-refractivity contribution in [2.24, 2.45) is 0 Å². The van der Waals surface area contributed by atoms with E-state index in [9.17, 15) is 4.79 Å². The normalized spacial score (nSPS) is 14.8. The quantitative estimate of drug-likeness (QED) is 0.655. The summed E-state index contributed by atoms with van der Waals surface area (Å²) >= 11 is 3.45. The van der Waals surface area contributed by atoms with Crippen LogP contribution < -0.4 is 24.3 Å². The van der Waals surface area contributed by atoms with Crippen LogP contribution in [0.3, 0.4) is 0 Å². The van der Waals surface area contributed by atoms with Crippen LogP contribution >= 0.6 is 15.9 Å². The number of hydrogen-bond donors (Lipinski definition) is 1. The summed E-state index contributed by atoms with van der Waals surface area (Å²) in [6.45, 7) is 6.81. The number of carbonyl (C=O) groups is 1. The number of fused-ring (bicyclic) bond motifs is 1. The molecule has 0 aromatic heterocycles. The molecule has 1 heterocycles. The molecule has 0 fully saturated rings. The van der Waals surface area contributed by atoms with Gasteiger partial charge >= 0.3 is 0 Å². The molecular formula is C21H24BrNO5. The standard InChI is InChI=1S/C21H24BrNO5/c1-5-26-18-9-13-7-12(3)28-17(13)11-16(18)23-21(24)14-8-15(22)20(27-6-2)19(10-14)25-4/h8-12H,5-7H2,1-4H3,(H,23,24)/t12-/m0/s1. The Hall–Kier alpha value is -2.41. The maximum atomic E-state index is 12.9. The van der Waals surface area contributed by atoms with E-state index >= 15 is 0 Å². The van der Waals surface area contributed by atoms with Gasteiger partial charge < -0.3 is 24.3 Å². The first-order valence-corrected chi connectivity index (χ1v) is 10.0. The molecule has 0 unspecified atom stereocenters.